The number of thiazole rings is 1. The van der Waals surface area contributed by atoms with E-state index in [1.165, 1.54) is 0 Å². The third-order valence-corrected chi connectivity index (χ3v) is 5.64. The highest BCUT2D eigenvalue weighted by Gasteiger charge is 2.25. The topological polar surface area (TPSA) is 69.5 Å². The quantitative estimate of drug-likeness (QED) is 0.271. The van der Waals surface area contributed by atoms with Gasteiger partial charge in [-0.05, 0) is 31.6 Å². The van der Waals surface area contributed by atoms with Gasteiger partial charge in [-0.2, -0.15) is 0 Å². The molecule has 0 spiro atoms. The summed E-state index contributed by atoms with van der Waals surface area (Å²) >= 11 is 1.67. The fourth-order valence-corrected chi connectivity index (χ4v) is 3.61. The summed E-state index contributed by atoms with van der Waals surface area (Å²) in [5.74, 6) is 0.819. The minimum absolute atomic E-state index is 0. The van der Waals surface area contributed by atoms with Crippen LogP contribution in [0.15, 0.2) is 10.4 Å². The summed E-state index contributed by atoms with van der Waals surface area (Å²) in [7, 11) is 0. The molecule has 0 amide bonds. The smallest absolute Gasteiger partial charge is 0.191 e. The van der Waals surface area contributed by atoms with E-state index in [2.05, 4.69) is 57.6 Å². The number of guanidine groups is 1. The lowest BCUT2D eigenvalue weighted by atomic mass is 9.79. The van der Waals surface area contributed by atoms with Gasteiger partial charge < -0.3 is 15.7 Å². The van der Waals surface area contributed by atoms with E-state index in [-0.39, 0.29) is 41.4 Å². The number of rotatable bonds is 9. The maximum atomic E-state index is 9.37. The van der Waals surface area contributed by atoms with Crippen molar-refractivity contribution >= 4 is 41.3 Å². The van der Waals surface area contributed by atoms with Crippen LogP contribution in [0.25, 0.3) is 0 Å². The molecule has 1 aromatic heterocycles. The molecule has 1 aromatic rings. The molecule has 0 saturated heterocycles. The Balaban J connectivity index is 0.00000625. The van der Waals surface area contributed by atoms with Crippen LogP contribution in [0, 0.1) is 5.41 Å². The van der Waals surface area contributed by atoms with Crippen LogP contribution in [0.5, 0.6) is 0 Å². The van der Waals surface area contributed by atoms with Crippen molar-refractivity contribution in [2.24, 2.45) is 10.4 Å². The lowest BCUT2D eigenvalue weighted by molar-refractivity contribution is 0.169. The molecule has 26 heavy (non-hydrogen) atoms. The number of halogens is 1. The SMILES string of the molecule is CCNC(=NCc1nc(C(C)(C)C)cs1)NCC(CC)(CC)CCO.I. The molecule has 0 atom stereocenters. The maximum Gasteiger partial charge on any atom is 0.191 e. The molecular weight excluding hydrogens is 459 g/mol. The second-order valence-corrected chi connectivity index (χ2v) is 8.55. The summed E-state index contributed by atoms with van der Waals surface area (Å²) in [5.41, 5.74) is 1.32. The summed E-state index contributed by atoms with van der Waals surface area (Å²) in [6, 6.07) is 0. The molecule has 0 unspecified atom stereocenters. The van der Waals surface area contributed by atoms with E-state index in [1.54, 1.807) is 11.3 Å². The van der Waals surface area contributed by atoms with Gasteiger partial charge in [-0.1, -0.05) is 34.6 Å². The average molecular weight is 497 g/mol. The number of hydrogen-bond donors (Lipinski definition) is 3. The molecule has 1 rings (SSSR count). The van der Waals surface area contributed by atoms with Crippen LogP contribution in [-0.2, 0) is 12.0 Å². The Kier molecular flexibility index (Phi) is 11.9. The lowest BCUT2D eigenvalue weighted by Gasteiger charge is -2.32. The van der Waals surface area contributed by atoms with Crippen molar-refractivity contribution in [3.05, 3.63) is 16.1 Å². The van der Waals surface area contributed by atoms with Gasteiger partial charge in [-0.15, -0.1) is 35.3 Å². The number of aromatic nitrogens is 1. The zero-order valence-corrected chi connectivity index (χ0v) is 20.3. The van der Waals surface area contributed by atoms with Crippen LogP contribution in [-0.4, -0.2) is 35.7 Å². The molecule has 0 aliphatic heterocycles. The molecule has 5 nitrogen and oxygen atoms in total. The molecule has 0 bridgehead atoms. The van der Waals surface area contributed by atoms with Crippen LogP contribution in [0.1, 0.15) is 71.5 Å². The standard InChI is InChI=1S/C19H36N4OS.HI/c1-7-19(8-2,10-11-24)14-22-17(20-9-3)21-12-16-23-15(13-25-16)18(4,5)6;/h13,24H,7-12,14H2,1-6H3,(H2,20,21,22);1H. The van der Waals surface area contributed by atoms with Crippen molar-refractivity contribution in [2.75, 3.05) is 19.7 Å². The van der Waals surface area contributed by atoms with E-state index < -0.39 is 0 Å². The summed E-state index contributed by atoms with van der Waals surface area (Å²) < 4.78 is 0. The van der Waals surface area contributed by atoms with Crippen molar-refractivity contribution in [3.8, 4) is 0 Å². The highest BCUT2D eigenvalue weighted by Crippen LogP contribution is 2.29. The molecule has 0 aliphatic rings. The molecule has 0 saturated carbocycles. The third kappa shape index (κ3) is 8.08. The molecule has 7 heteroatoms. The number of aliphatic hydroxyl groups excluding tert-OH is 1. The Hall–Kier alpha value is -0.410. The first kappa shape index (κ1) is 25.6. The summed E-state index contributed by atoms with van der Waals surface area (Å²) in [6.45, 7) is 15.4. The summed E-state index contributed by atoms with van der Waals surface area (Å²) in [4.78, 5) is 9.40. The molecule has 0 fully saturated rings. The number of nitrogens with zero attached hydrogens (tertiary/aromatic N) is 2. The van der Waals surface area contributed by atoms with Gasteiger partial charge in [0.1, 0.15) is 5.01 Å². The Labute approximate surface area is 180 Å². The summed E-state index contributed by atoms with van der Waals surface area (Å²) in [6.07, 6.45) is 2.89. The molecule has 0 aliphatic carbocycles. The molecule has 152 valence electrons. The fourth-order valence-electron chi connectivity index (χ4n) is 2.67. The highest BCUT2D eigenvalue weighted by molar-refractivity contribution is 14.0. The van der Waals surface area contributed by atoms with Gasteiger partial charge >= 0.3 is 0 Å². The van der Waals surface area contributed by atoms with E-state index in [0.717, 1.165) is 49.0 Å². The Morgan fingerprint density at radius 3 is 2.31 bits per heavy atom. The van der Waals surface area contributed by atoms with Crippen LogP contribution in [0.4, 0.5) is 0 Å². The monoisotopic (exact) mass is 496 g/mol. The van der Waals surface area contributed by atoms with E-state index in [4.69, 9.17) is 9.98 Å². The van der Waals surface area contributed by atoms with E-state index in [0.29, 0.717) is 6.54 Å². The van der Waals surface area contributed by atoms with E-state index >= 15 is 0 Å². The average Bonchev–Trinajstić information content (AvgIpc) is 3.05. The third-order valence-electron chi connectivity index (χ3n) is 4.81. The Morgan fingerprint density at radius 1 is 1.19 bits per heavy atom. The first-order chi connectivity index (χ1) is 11.8. The zero-order valence-electron chi connectivity index (χ0n) is 17.2. The second-order valence-electron chi connectivity index (χ2n) is 7.61. The van der Waals surface area contributed by atoms with Crippen molar-refractivity contribution in [1.82, 2.24) is 15.6 Å². The number of aliphatic hydroxyl groups is 1. The number of hydrogen-bond acceptors (Lipinski definition) is 4. The fraction of sp³-hybridized carbons (Fsp3) is 0.789. The Morgan fingerprint density at radius 2 is 1.85 bits per heavy atom. The van der Waals surface area contributed by atoms with E-state index in [9.17, 15) is 5.11 Å². The van der Waals surface area contributed by atoms with Gasteiger partial charge in [0.25, 0.3) is 0 Å². The minimum Gasteiger partial charge on any atom is -0.396 e. The maximum absolute atomic E-state index is 9.37. The van der Waals surface area contributed by atoms with Crippen LogP contribution >= 0.6 is 35.3 Å². The largest absolute Gasteiger partial charge is 0.396 e. The highest BCUT2D eigenvalue weighted by atomic mass is 127. The van der Waals surface area contributed by atoms with Gasteiger partial charge in [-0.25, -0.2) is 9.98 Å². The lowest BCUT2D eigenvalue weighted by Crippen LogP contribution is -2.43. The first-order valence-corrected chi connectivity index (χ1v) is 10.3. The van der Waals surface area contributed by atoms with Crippen LogP contribution < -0.4 is 10.6 Å². The predicted octanol–water partition coefficient (Wildman–Crippen LogP) is 4.30. The normalized spacial score (nSPS) is 12.7. The first-order valence-electron chi connectivity index (χ1n) is 9.38. The van der Waals surface area contributed by atoms with Gasteiger partial charge in [0.2, 0.25) is 0 Å². The van der Waals surface area contributed by atoms with E-state index in [1.807, 2.05) is 0 Å². The second kappa shape index (κ2) is 12.1. The van der Waals surface area contributed by atoms with Crippen molar-refractivity contribution in [2.45, 2.75) is 72.8 Å². The molecule has 1 heterocycles. The molecule has 0 radical (unpaired) electrons. The van der Waals surface area contributed by atoms with Crippen LogP contribution in [0.2, 0.25) is 0 Å². The van der Waals surface area contributed by atoms with Gasteiger partial charge in [0, 0.05) is 30.5 Å². The summed E-state index contributed by atoms with van der Waals surface area (Å²) in [5, 5.41) is 19.3. The van der Waals surface area contributed by atoms with Gasteiger partial charge in [-0.3, -0.25) is 0 Å². The molecule has 3 N–H and O–H groups in total. The number of aliphatic imine (C=N–C) groups is 1. The van der Waals surface area contributed by atoms with Crippen molar-refractivity contribution in [1.29, 1.82) is 0 Å². The molecule has 0 aromatic carbocycles. The number of nitrogens with one attached hydrogen (secondary N) is 2. The Bertz CT molecular complexity index is 536. The zero-order chi connectivity index (χ0) is 18.9. The minimum atomic E-state index is 0. The predicted molar refractivity (Wildman–Crippen MR) is 124 cm³/mol. The van der Waals surface area contributed by atoms with Gasteiger partial charge in [0.15, 0.2) is 5.96 Å². The van der Waals surface area contributed by atoms with Crippen molar-refractivity contribution < 1.29 is 5.11 Å². The molecular formula is C19H37IN4OS. The van der Waals surface area contributed by atoms with Crippen molar-refractivity contribution in [3.63, 3.8) is 0 Å². The van der Waals surface area contributed by atoms with Crippen LogP contribution in [0.3, 0.4) is 0 Å². The van der Waals surface area contributed by atoms with Gasteiger partial charge in [0.05, 0.1) is 12.2 Å².